The molecule has 2 aliphatic rings. The molecule has 2 aromatic rings. The molecule has 1 unspecified atom stereocenters. The van der Waals surface area contributed by atoms with E-state index in [1.807, 2.05) is 61.8 Å². The highest BCUT2D eigenvalue weighted by molar-refractivity contribution is 5.95. The Balaban J connectivity index is 1.56. The molecule has 0 bridgehead atoms. The summed E-state index contributed by atoms with van der Waals surface area (Å²) in [7, 11) is 0. The fourth-order valence-corrected chi connectivity index (χ4v) is 4.62. The molecule has 0 spiro atoms. The Morgan fingerprint density at radius 2 is 1.65 bits per heavy atom. The number of hydrogen-bond donors (Lipinski definition) is 1. The Morgan fingerprint density at radius 1 is 1.00 bits per heavy atom. The highest BCUT2D eigenvalue weighted by Crippen LogP contribution is 2.32. The van der Waals surface area contributed by atoms with E-state index in [4.69, 9.17) is 4.74 Å². The van der Waals surface area contributed by atoms with Gasteiger partial charge in [-0.05, 0) is 37.1 Å². The molecule has 1 aromatic carbocycles. The summed E-state index contributed by atoms with van der Waals surface area (Å²) < 4.78 is 5.46. The molecular weight excluding hydrogens is 430 g/mol. The molecule has 0 radical (unpaired) electrons. The van der Waals surface area contributed by atoms with Gasteiger partial charge in [0.2, 0.25) is 0 Å². The molecule has 1 atom stereocenters. The van der Waals surface area contributed by atoms with Gasteiger partial charge in [0.15, 0.2) is 0 Å². The zero-order valence-electron chi connectivity index (χ0n) is 19.9. The topological polar surface area (TPSA) is 78.0 Å². The van der Waals surface area contributed by atoms with Crippen molar-refractivity contribution >= 4 is 12.0 Å². The van der Waals surface area contributed by atoms with Crippen molar-refractivity contribution in [3.8, 4) is 0 Å². The van der Waals surface area contributed by atoms with Gasteiger partial charge in [-0.1, -0.05) is 30.3 Å². The summed E-state index contributed by atoms with van der Waals surface area (Å²) in [5, 5.41) is 3.02. The van der Waals surface area contributed by atoms with E-state index in [1.54, 1.807) is 11.8 Å². The minimum atomic E-state index is -0.529. The largest absolute Gasteiger partial charge is 0.463 e. The first kappa shape index (κ1) is 23.9. The second-order valence-electron chi connectivity index (χ2n) is 8.53. The molecule has 0 saturated carbocycles. The fraction of sp³-hybridized carbons (Fsp3) is 0.423. The van der Waals surface area contributed by atoms with E-state index < -0.39 is 6.04 Å². The lowest BCUT2D eigenvalue weighted by atomic mass is 9.94. The molecule has 34 heavy (non-hydrogen) atoms. The summed E-state index contributed by atoms with van der Waals surface area (Å²) in [4.78, 5) is 36.7. The Labute approximate surface area is 201 Å². The Hall–Kier alpha value is -3.23. The molecule has 180 valence electrons. The summed E-state index contributed by atoms with van der Waals surface area (Å²) in [5.41, 5.74) is 3.38. The maximum Gasteiger partial charge on any atom is 0.338 e. The van der Waals surface area contributed by atoms with Crippen molar-refractivity contribution in [3.63, 3.8) is 0 Å². The summed E-state index contributed by atoms with van der Waals surface area (Å²) in [6.45, 7) is 9.48. The van der Waals surface area contributed by atoms with Crippen LogP contribution in [0.15, 0.2) is 66.1 Å². The van der Waals surface area contributed by atoms with Gasteiger partial charge in [0.25, 0.3) is 0 Å². The number of urea groups is 1. The van der Waals surface area contributed by atoms with E-state index in [9.17, 15) is 9.59 Å². The van der Waals surface area contributed by atoms with Crippen molar-refractivity contribution in [1.82, 2.24) is 25.0 Å². The van der Waals surface area contributed by atoms with Gasteiger partial charge in [-0.2, -0.15) is 0 Å². The molecule has 1 N–H and O–H groups in total. The van der Waals surface area contributed by atoms with Crippen LogP contribution in [0.2, 0.25) is 0 Å². The van der Waals surface area contributed by atoms with Crippen LogP contribution in [0.3, 0.4) is 0 Å². The van der Waals surface area contributed by atoms with Crippen molar-refractivity contribution in [2.75, 3.05) is 45.9 Å². The molecule has 0 aliphatic carbocycles. The van der Waals surface area contributed by atoms with Crippen LogP contribution >= 0.6 is 0 Å². The highest BCUT2D eigenvalue weighted by Gasteiger charge is 2.38. The van der Waals surface area contributed by atoms with E-state index in [0.717, 1.165) is 44.0 Å². The highest BCUT2D eigenvalue weighted by atomic mass is 16.5. The SMILES string of the molecule is CCOC(=O)C1=C(CN2CCN(Cc3ccncc3)CC2)N(CC)C(=O)NC1c1ccccc1. The second kappa shape index (κ2) is 11.3. The molecule has 4 rings (SSSR count). The maximum absolute atomic E-state index is 13.2. The maximum atomic E-state index is 13.2. The Kier molecular flexibility index (Phi) is 7.92. The van der Waals surface area contributed by atoms with Crippen LogP contribution in [-0.4, -0.2) is 77.6 Å². The minimum absolute atomic E-state index is 0.185. The van der Waals surface area contributed by atoms with Gasteiger partial charge in [0.05, 0.1) is 18.2 Å². The van der Waals surface area contributed by atoms with Crippen LogP contribution in [0.25, 0.3) is 0 Å². The predicted molar refractivity (Wildman–Crippen MR) is 130 cm³/mol. The number of hydrogen-bond acceptors (Lipinski definition) is 6. The zero-order chi connectivity index (χ0) is 23.9. The number of carbonyl (C=O) groups excluding carboxylic acids is 2. The lowest BCUT2D eigenvalue weighted by Crippen LogP contribution is -2.53. The third kappa shape index (κ3) is 5.46. The van der Waals surface area contributed by atoms with Crippen molar-refractivity contribution in [3.05, 3.63) is 77.3 Å². The Bertz CT molecular complexity index is 1000. The molecule has 8 heteroatoms. The number of nitrogens with one attached hydrogen (secondary N) is 1. The van der Waals surface area contributed by atoms with E-state index in [-0.39, 0.29) is 18.6 Å². The smallest absolute Gasteiger partial charge is 0.338 e. The lowest BCUT2D eigenvalue weighted by Gasteiger charge is -2.40. The van der Waals surface area contributed by atoms with E-state index in [1.165, 1.54) is 5.56 Å². The first-order valence-electron chi connectivity index (χ1n) is 12.0. The monoisotopic (exact) mass is 463 g/mol. The number of aromatic nitrogens is 1. The lowest BCUT2D eigenvalue weighted by molar-refractivity contribution is -0.139. The molecule has 1 fully saturated rings. The molecule has 2 amide bonds. The second-order valence-corrected chi connectivity index (χ2v) is 8.53. The average molecular weight is 464 g/mol. The Morgan fingerprint density at radius 3 is 2.26 bits per heavy atom. The van der Waals surface area contributed by atoms with Crippen LogP contribution in [0.1, 0.15) is 31.0 Å². The first-order valence-corrected chi connectivity index (χ1v) is 12.0. The van der Waals surface area contributed by atoms with Gasteiger partial charge in [-0.15, -0.1) is 0 Å². The van der Waals surface area contributed by atoms with Gasteiger partial charge < -0.3 is 10.1 Å². The van der Waals surface area contributed by atoms with Gasteiger partial charge in [-0.3, -0.25) is 19.7 Å². The summed E-state index contributed by atoms with van der Waals surface area (Å²) in [5.74, 6) is -0.374. The number of esters is 1. The summed E-state index contributed by atoms with van der Waals surface area (Å²) >= 11 is 0. The molecule has 3 heterocycles. The number of likely N-dealkylation sites (N-methyl/N-ethyl adjacent to an activating group) is 1. The first-order chi connectivity index (χ1) is 16.6. The number of benzene rings is 1. The minimum Gasteiger partial charge on any atom is -0.463 e. The fourth-order valence-electron chi connectivity index (χ4n) is 4.62. The molecule has 1 aromatic heterocycles. The molecular formula is C26H33N5O3. The average Bonchev–Trinajstić information content (AvgIpc) is 2.86. The number of piperazine rings is 1. The number of rotatable bonds is 8. The van der Waals surface area contributed by atoms with E-state index in [0.29, 0.717) is 18.7 Å². The third-order valence-corrected chi connectivity index (χ3v) is 6.38. The number of amides is 2. The quantitative estimate of drug-likeness (QED) is 0.607. The van der Waals surface area contributed by atoms with Crippen molar-refractivity contribution in [2.45, 2.75) is 26.4 Å². The summed E-state index contributed by atoms with van der Waals surface area (Å²) in [6.07, 6.45) is 3.65. The van der Waals surface area contributed by atoms with Crippen molar-refractivity contribution in [2.24, 2.45) is 0 Å². The van der Waals surface area contributed by atoms with Crippen LogP contribution < -0.4 is 5.32 Å². The predicted octanol–water partition coefficient (Wildman–Crippen LogP) is 2.80. The van der Waals surface area contributed by atoms with E-state index >= 15 is 0 Å². The normalized spacial score (nSPS) is 19.8. The zero-order valence-corrected chi connectivity index (χ0v) is 19.9. The van der Waals surface area contributed by atoms with Crippen LogP contribution in [0.4, 0.5) is 4.79 Å². The number of ether oxygens (including phenoxy) is 1. The summed E-state index contributed by atoms with van der Waals surface area (Å²) in [6, 6.07) is 13.0. The van der Waals surface area contributed by atoms with Gasteiger partial charge in [0.1, 0.15) is 0 Å². The molecule has 8 nitrogen and oxygen atoms in total. The molecule has 1 saturated heterocycles. The number of nitrogens with zero attached hydrogens (tertiary/aromatic N) is 4. The van der Waals surface area contributed by atoms with Crippen molar-refractivity contribution < 1.29 is 14.3 Å². The van der Waals surface area contributed by atoms with Crippen LogP contribution in [-0.2, 0) is 16.1 Å². The van der Waals surface area contributed by atoms with Gasteiger partial charge in [0, 0.05) is 63.9 Å². The molecule has 2 aliphatic heterocycles. The van der Waals surface area contributed by atoms with Crippen LogP contribution in [0, 0.1) is 0 Å². The van der Waals surface area contributed by atoms with Crippen LogP contribution in [0.5, 0.6) is 0 Å². The number of pyridine rings is 1. The van der Waals surface area contributed by atoms with Gasteiger partial charge in [-0.25, -0.2) is 9.59 Å². The number of carbonyl (C=O) groups is 2. The third-order valence-electron chi connectivity index (χ3n) is 6.38. The standard InChI is InChI=1S/C26H33N5O3/c1-3-31-22(19-30-16-14-29(15-17-30)18-20-10-12-27-13-11-20)23(25(32)34-4-2)24(28-26(31)33)21-8-6-5-7-9-21/h5-13,24H,3-4,14-19H2,1-2H3,(H,28,33). The van der Waals surface area contributed by atoms with Crippen molar-refractivity contribution in [1.29, 1.82) is 0 Å². The van der Waals surface area contributed by atoms with Gasteiger partial charge >= 0.3 is 12.0 Å². The van der Waals surface area contributed by atoms with E-state index in [2.05, 4.69) is 20.1 Å².